The number of carbonyl (C=O) groups is 1. The van der Waals surface area contributed by atoms with E-state index in [-0.39, 0.29) is 5.78 Å². The molecule has 0 aliphatic heterocycles. The summed E-state index contributed by atoms with van der Waals surface area (Å²) in [4.78, 5) is 11.4. The largest absolute Gasteiger partial charge is 0.444 e. The highest BCUT2D eigenvalue weighted by molar-refractivity contribution is 7.71. The van der Waals surface area contributed by atoms with Crippen molar-refractivity contribution in [3.05, 3.63) is 40.1 Å². The number of hydrogen-bond donors (Lipinski definition) is 0. The molecular formula is C12H10O2S. The zero-order valence-electron chi connectivity index (χ0n) is 8.53. The lowest BCUT2D eigenvalue weighted by Crippen LogP contribution is -1.94. The van der Waals surface area contributed by atoms with Crippen LogP contribution in [-0.4, -0.2) is 5.78 Å². The monoisotopic (exact) mass is 218 g/mol. The van der Waals surface area contributed by atoms with E-state index in [1.807, 2.05) is 19.1 Å². The van der Waals surface area contributed by atoms with Crippen LogP contribution in [0.1, 0.15) is 22.8 Å². The number of aryl methyl sites for hydroxylation is 1. The molecule has 2 rings (SSSR count). The molecule has 0 amide bonds. The Morgan fingerprint density at radius 3 is 2.80 bits per heavy atom. The van der Waals surface area contributed by atoms with Gasteiger partial charge in [0.1, 0.15) is 5.58 Å². The summed E-state index contributed by atoms with van der Waals surface area (Å²) in [5, 5.41) is 0.941. The Morgan fingerprint density at radius 2 is 2.13 bits per heavy atom. The van der Waals surface area contributed by atoms with Crippen molar-refractivity contribution in [2.75, 3.05) is 0 Å². The molecule has 0 atom stereocenters. The lowest BCUT2D eigenvalue weighted by atomic mass is 10.1. The molecule has 1 heterocycles. The molecular weight excluding hydrogens is 208 g/mol. The molecule has 1 aromatic heterocycles. The van der Waals surface area contributed by atoms with E-state index in [4.69, 9.17) is 16.6 Å². The number of benzene rings is 1. The molecule has 0 bridgehead atoms. The first-order chi connectivity index (χ1) is 7.09. The first-order valence-electron chi connectivity index (χ1n) is 4.64. The van der Waals surface area contributed by atoms with E-state index in [0.717, 1.165) is 10.9 Å². The Balaban J connectivity index is 2.97. The molecule has 76 valence electrons. The minimum atomic E-state index is -0.00986. The van der Waals surface area contributed by atoms with Gasteiger partial charge in [-0.25, -0.2) is 0 Å². The summed E-state index contributed by atoms with van der Waals surface area (Å²) in [7, 11) is 0. The van der Waals surface area contributed by atoms with Crippen LogP contribution in [0.5, 0.6) is 0 Å². The maximum absolute atomic E-state index is 11.4. The second kappa shape index (κ2) is 3.59. The number of fused-ring (bicyclic) bond motifs is 1. The molecule has 15 heavy (non-hydrogen) atoms. The second-order valence-corrected chi connectivity index (χ2v) is 3.89. The smallest absolute Gasteiger partial charge is 0.191 e. The highest BCUT2D eigenvalue weighted by Gasteiger charge is 2.08. The van der Waals surface area contributed by atoms with E-state index in [1.54, 1.807) is 12.1 Å². The van der Waals surface area contributed by atoms with Crippen molar-refractivity contribution in [2.24, 2.45) is 0 Å². The minimum Gasteiger partial charge on any atom is -0.444 e. The Hall–Kier alpha value is -1.48. The highest BCUT2D eigenvalue weighted by Crippen LogP contribution is 2.22. The zero-order valence-corrected chi connectivity index (χ0v) is 9.35. The third kappa shape index (κ3) is 1.70. The van der Waals surface area contributed by atoms with Crippen molar-refractivity contribution >= 4 is 29.0 Å². The SMILES string of the molecule is CC(=O)c1cccc2c(C)cc(=S)oc12. The molecule has 0 N–H and O–H groups in total. The molecule has 0 unspecified atom stereocenters. The summed E-state index contributed by atoms with van der Waals surface area (Å²) in [6.45, 7) is 3.48. The van der Waals surface area contributed by atoms with Gasteiger partial charge >= 0.3 is 0 Å². The fraction of sp³-hybridized carbons (Fsp3) is 0.167. The maximum Gasteiger partial charge on any atom is 0.191 e. The van der Waals surface area contributed by atoms with Crippen LogP contribution < -0.4 is 0 Å². The molecule has 0 fully saturated rings. The number of hydrogen-bond acceptors (Lipinski definition) is 3. The van der Waals surface area contributed by atoms with E-state index in [0.29, 0.717) is 15.9 Å². The van der Waals surface area contributed by atoms with Gasteiger partial charge in [-0.1, -0.05) is 12.1 Å². The Morgan fingerprint density at radius 1 is 1.40 bits per heavy atom. The van der Waals surface area contributed by atoms with Crippen molar-refractivity contribution < 1.29 is 9.21 Å². The van der Waals surface area contributed by atoms with Gasteiger partial charge in [0.15, 0.2) is 10.5 Å². The average molecular weight is 218 g/mol. The molecule has 0 aliphatic rings. The minimum absolute atomic E-state index is 0.00986. The Kier molecular flexibility index (Phi) is 2.40. The van der Waals surface area contributed by atoms with Crippen molar-refractivity contribution in [3.63, 3.8) is 0 Å². The van der Waals surface area contributed by atoms with Crippen molar-refractivity contribution in [1.82, 2.24) is 0 Å². The Labute approximate surface area is 92.5 Å². The third-order valence-corrected chi connectivity index (χ3v) is 2.56. The number of ketones is 1. The molecule has 0 saturated carbocycles. The topological polar surface area (TPSA) is 30.2 Å². The van der Waals surface area contributed by atoms with E-state index >= 15 is 0 Å². The summed E-state index contributed by atoms with van der Waals surface area (Å²) in [5.74, 6) is -0.00986. The quantitative estimate of drug-likeness (QED) is 0.540. The standard InChI is InChI=1S/C12H10O2S/c1-7-6-11(15)14-12-9(7)4-3-5-10(12)8(2)13/h3-6H,1-2H3. The van der Waals surface area contributed by atoms with E-state index in [2.05, 4.69) is 0 Å². The van der Waals surface area contributed by atoms with Gasteiger partial charge in [0.05, 0.1) is 5.56 Å². The van der Waals surface area contributed by atoms with Crippen LogP contribution in [0.2, 0.25) is 0 Å². The average Bonchev–Trinajstić information content (AvgIpc) is 2.16. The molecule has 0 spiro atoms. The van der Waals surface area contributed by atoms with Crippen molar-refractivity contribution in [1.29, 1.82) is 0 Å². The predicted octanol–water partition coefficient (Wildman–Crippen LogP) is 3.67. The van der Waals surface area contributed by atoms with Gasteiger partial charge in [-0.3, -0.25) is 4.79 Å². The van der Waals surface area contributed by atoms with Crippen LogP contribution in [0.25, 0.3) is 11.0 Å². The van der Waals surface area contributed by atoms with Gasteiger partial charge < -0.3 is 4.42 Å². The van der Waals surface area contributed by atoms with Crippen LogP contribution in [0.3, 0.4) is 0 Å². The Bertz CT molecular complexity index is 596. The van der Waals surface area contributed by atoms with Gasteiger partial charge in [0.25, 0.3) is 0 Å². The van der Waals surface area contributed by atoms with Crippen LogP contribution in [0, 0.1) is 11.6 Å². The molecule has 3 heteroatoms. The van der Waals surface area contributed by atoms with Gasteiger partial charge in [-0.2, -0.15) is 0 Å². The number of Topliss-reactive ketones (excluding diaryl/α,β-unsaturated/α-hetero) is 1. The molecule has 0 radical (unpaired) electrons. The second-order valence-electron chi connectivity index (χ2n) is 3.49. The lowest BCUT2D eigenvalue weighted by molar-refractivity contribution is 0.101. The first-order valence-corrected chi connectivity index (χ1v) is 5.05. The molecule has 0 aliphatic carbocycles. The normalized spacial score (nSPS) is 10.5. The molecule has 2 aromatic rings. The van der Waals surface area contributed by atoms with Gasteiger partial charge in [0, 0.05) is 5.39 Å². The zero-order chi connectivity index (χ0) is 11.0. The summed E-state index contributed by atoms with van der Waals surface area (Å²) >= 11 is 5.00. The van der Waals surface area contributed by atoms with E-state index in [9.17, 15) is 4.79 Å². The fourth-order valence-electron chi connectivity index (χ4n) is 1.62. The fourth-order valence-corrected chi connectivity index (χ4v) is 1.88. The lowest BCUT2D eigenvalue weighted by Gasteiger charge is -2.04. The molecule has 2 nitrogen and oxygen atoms in total. The maximum atomic E-state index is 11.4. The van der Waals surface area contributed by atoms with Crippen LogP contribution in [0.4, 0.5) is 0 Å². The van der Waals surface area contributed by atoms with Gasteiger partial charge in [0.2, 0.25) is 0 Å². The number of carbonyl (C=O) groups excluding carboxylic acids is 1. The van der Waals surface area contributed by atoms with Crippen LogP contribution >= 0.6 is 12.2 Å². The summed E-state index contributed by atoms with van der Waals surface area (Å²) < 4.78 is 5.84. The summed E-state index contributed by atoms with van der Waals surface area (Å²) in [6.07, 6.45) is 0. The van der Waals surface area contributed by atoms with Gasteiger partial charge in [-0.15, -0.1) is 0 Å². The molecule has 1 aromatic carbocycles. The van der Waals surface area contributed by atoms with Crippen molar-refractivity contribution in [3.8, 4) is 0 Å². The number of para-hydroxylation sites is 1. The van der Waals surface area contributed by atoms with E-state index in [1.165, 1.54) is 6.92 Å². The summed E-state index contributed by atoms with van der Waals surface area (Å²) in [5.41, 5.74) is 2.21. The number of rotatable bonds is 1. The predicted molar refractivity (Wildman–Crippen MR) is 61.8 cm³/mol. The van der Waals surface area contributed by atoms with Crippen molar-refractivity contribution in [2.45, 2.75) is 13.8 Å². The summed E-state index contributed by atoms with van der Waals surface area (Å²) in [6, 6.07) is 7.32. The highest BCUT2D eigenvalue weighted by atomic mass is 32.1. The van der Waals surface area contributed by atoms with E-state index < -0.39 is 0 Å². The first kappa shape index (κ1) is 10.1. The van der Waals surface area contributed by atoms with Gasteiger partial charge in [-0.05, 0) is 43.8 Å². The van der Waals surface area contributed by atoms with Crippen LogP contribution in [-0.2, 0) is 0 Å². The third-order valence-electron chi connectivity index (χ3n) is 2.36. The molecule has 0 saturated heterocycles. The van der Waals surface area contributed by atoms with Crippen LogP contribution in [0.15, 0.2) is 28.7 Å².